The Morgan fingerprint density at radius 3 is 2.36 bits per heavy atom. The largest absolute Gasteiger partial charge is 0.491 e. The van der Waals surface area contributed by atoms with Gasteiger partial charge in [0.15, 0.2) is 0 Å². The number of unbranched alkanes of at least 4 members (excludes halogenated alkanes) is 3. The molecule has 2 atom stereocenters. The van der Waals surface area contributed by atoms with Crippen LogP contribution >= 0.6 is 0 Å². The second-order valence-electron chi connectivity index (χ2n) is 8.83. The summed E-state index contributed by atoms with van der Waals surface area (Å²) >= 11 is 0. The molecule has 1 fully saturated rings. The molecule has 0 spiro atoms. The maximum Gasteiger partial charge on any atom is 0.308 e. The molecular formula is C28H31N3O5. The average Bonchev–Trinajstić information content (AvgIpc) is 2.89. The minimum Gasteiger partial charge on any atom is -0.491 e. The van der Waals surface area contributed by atoms with Crippen molar-refractivity contribution >= 4 is 28.7 Å². The van der Waals surface area contributed by atoms with Gasteiger partial charge in [-0.3, -0.25) is 19.4 Å². The Hall–Kier alpha value is -3.94. The van der Waals surface area contributed by atoms with Gasteiger partial charge in [-0.2, -0.15) is 0 Å². The van der Waals surface area contributed by atoms with Crippen LogP contribution in [0.2, 0.25) is 0 Å². The van der Waals surface area contributed by atoms with E-state index in [2.05, 4.69) is 15.6 Å². The van der Waals surface area contributed by atoms with Gasteiger partial charge in [-0.25, -0.2) is 0 Å². The first-order valence-electron chi connectivity index (χ1n) is 12.4. The van der Waals surface area contributed by atoms with Crippen molar-refractivity contribution in [2.75, 3.05) is 13.2 Å². The number of nitrogens with zero attached hydrogens (tertiary/aromatic N) is 1. The van der Waals surface area contributed by atoms with Crippen molar-refractivity contribution in [2.45, 2.75) is 50.6 Å². The van der Waals surface area contributed by atoms with Gasteiger partial charge in [0.05, 0.1) is 19.6 Å². The third-order valence-corrected chi connectivity index (χ3v) is 6.07. The highest BCUT2D eigenvalue weighted by molar-refractivity contribution is 5.98. The summed E-state index contributed by atoms with van der Waals surface area (Å²) in [6.07, 6.45) is 5.43. The summed E-state index contributed by atoms with van der Waals surface area (Å²) < 4.78 is 11.2. The first-order valence-corrected chi connectivity index (χ1v) is 12.4. The maximum atomic E-state index is 12.4. The van der Waals surface area contributed by atoms with Gasteiger partial charge < -0.3 is 20.1 Å². The lowest BCUT2D eigenvalue weighted by atomic mass is 10.0. The van der Waals surface area contributed by atoms with E-state index < -0.39 is 18.1 Å². The number of para-hydroxylation sites is 1. The number of hydrogen-bond donors (Lipinski definition) is 2. The Labute approximate surface area is 210 Å². The number of carbonyl (C=O) groups excluding carboxylic acids is 3. The molecule has 36 heavy (non-hydrogen) atoms. The van der Waals surface area contributed by atoms with Gasteiger partial charge >= 0.3 is 5.97 Å². The van der Waals surface area contributed by atoms with E-state index >= 15 is 0 Å². The lowest BCUT2D eigenvalue weighted by Gasteiger charge is -2.29. The fraction of sp³-hybridized carbons (Fsp3) is 0.357. The van der Waals surface area contributed by atoms with E-state index in [0.29, 0.717) is 13.0 Å². The Morgan fingerprint density at radius 2 is 1.53 bits per heavy atom. The first-order chi connectivity index (χ1) is 17.6. The Balaban J connectivity index is 1.08. The molecule has 2 N–H and O–H groups in total. The minimum atomic E-state index is -0.905. The summed E-state index contributed by atoms with van der Waals surface area (Å²) in [6, 6.07) is 17.7. The number of amides is 2. The number of pyridine rings is 1. The van der Waals surface area contributed by atoms with Gasteiger partial charge in [0.25, 0.3) is 0 Å². The standard InChI is InChI=1S/C28H31N3O5/c32-25(19-23-28(34)30-22(27(33)31-23)18-20-10-4-3-5-11-20)36-17-7-2-1-6-16-35-24-14-8-12-21-13-9-15-29-26(21)24/h3-5,8-15,22-23H,1-2,6-7,16-19H2,(H,30,34)(H,31,33)/t22-,23-/m0/s1. The smallest absolute Gasteiger partial charge is 0.308 e. The number of ether oxygens (including phenoxy) is 2. The van der Waals surface area contributed by atoms with Crippen LogP contribution in [0.5, 0.6) is 5.75 Å². The van der Waals surface area contributed by atoms with Crippen molar-refractivity contribution in [3.8, 4) is 5.75 Å². The average molecular weight is 490 g/mol. The summed E-state index contributed by atoms with van der Waals surface area (Å²) in [5.74, 6) is -0.373. The zero-order chi connectivity index (χ0) is 25.2. The molecule has 0 unspecified atom stereocenters. The fourth-order valence-electron chi connectivity index (χ4n) is 4.16. The van der Waals surface area contributed by atoms with Crippen molar-refractivity contribution in [3.63, 3.8) is 0 Å². The highest BCUT2D eigenvalue weighted by atomic mass is 16.5. The summed E-state index contributed by atoms with van der Waals surface area (Å²) in [7, 11) is 0. The van der Waals surface area contributed by atoms with Crippen LogP contribution in [0.4, 0.5) is 0 Å². The topological polar surface area (TPSA) is 107 Å². The zero-order valence-corrected chi connectivity index (χ0v) is 20.2. The predicted molar refractivity (Wildman–Crippen MR) is 135 cm³/mol. The number of esters is 1. The summed E-state index contributed by atoms with van der Waals surface area (Å²) in [6.45, 7) is 0.878. The van der Waals surface area contributed by atoms with Gasteiger partial charge in [-0.1, -0.05) is 48.5 Å². The van der Waals surface area contributed by atoms with Gasteiger partial charge in [-0.05, 0) is 43.4 Å². The van der Waals surface area contributed by atoms with Crippen LogP contribution in [-0.2, 0) is 25.5 Å². The minimum absolute atomic E-state index is 0.178. The molecule has 0 saturated carbocycles. The van der Waals surface area contributed by atoms with Gasteiger partial charge in [0.1, 0.15) is 23.3 Å². The number of rotatable bonds is 12. The van der Waals surface area contributed by atoms with E-state index in [9.17, 15) is 14.4 Å². The summed E-state index contributed by atoms with van der Waals surface area (Å²) in [5.41, 5.74) is 1.81. The molecule has 1 aliphatic heterocycles. The second-order valence-corrected chi connectivity index (χ2v) is 8.83. The van der Waals surface area contributed by atoms with Crippen LogP contribution in [0.15, 0.2) is 66.9 Å². The van der Waals surface area contributed by atoms with Crippen LogP contribution in [0.1, 0.15) is 37.7 Å². The monoisotopic (exact) mass is 489 g/mol. The van der Waals surface area contributed by atoms with Crippen LogP contribution < -0.4 is 15.4 Å². The van der Waals surface area contributed by atoms with E-state index in [1.54, 1.807) is 6.20 Å². The molecule has 3 aromatic rings. The Bertz CT molecular complexity index is 1180. The van der Waals surface area contributed by atoms with Crippen molar-refractivity contribution in [1.29, 1.82) is 0 Å². The summed E-state index contributed by atoms with van der Waals surface area (Å²) in [4.78, 5) is 41.3. The number of fused-ring (bicyclic) bond motifs is 1. The van der Waals surface area contributed by atoms with Crippen molar-refractivity contribution < 1.29 is 23.9 Å². The number of nitrogens with one attached hydrogen (secondary N) is 2. The Kier molecular flexibility index (Phi) is 8.86. The van der Waals surface area contributed by atoms with Crippen molar-refractivity contribution in [2.24, 2.45) is 0 Å². The third kappa shape index (κ3) is 7.04. The van der Waals surface area contributed by atoms with Crippen LogP contribution in [0, 0.1) is 0 Å². The van der Waals surface area contributed by atoms with E-state index in [1.807, 2.05) is 60.7 Å². The van der Waals surface area contributed by atoms with Gasteiger partial charge in [-0.15, -0.1) is 0 Å². The number of hydrogen-bond acceptors (Lipinski definition) is 6. The van der Waals surface area contributed by atoms with Crippen LogP contribution in [0.3, 0.4) is 0 Å². The zero-order valence-electron chi connectivity index (χ0n) is 20.2. The molecule has 8 nitrogen and oxygen atoms in total. The number of aromatic nitrogens is 1. The summed E-state index contributed by atoms with van der Waals surface area (Å²) in [5, 5.41) is 6.41. The quantitative estimate of drug-likeness (QED) is 0.299. The second kappa shape index (κ2) is 12.7. The van der Waals surface area contributed by atoms with Gasteiger partial charge in [0.2, 0.25) is 11.8 Å². The molecule has 0 bridgehead atoms. The third-order valence-electron chi connectivity index (χ3n) is 6.07. The molecule has 0 aliphatic carbocycles. The molecule has 4 rings (SSSR count). The highest BCUT2D eigenvalue weighted by Crippen LogP contribution is 2.23. The number of piperazine rings is 1. The van der Waals surface area contributed by atoms with E-state index in [-0.39, 0.29) is 24.8 Å². The normalized spacial score (nSPS) is 17.3. The van der Waals surface area contributed by atoms with Crippen LogP contribution in [0.25, 0.3) is 10.9 Å². The lowest BCUT2D eigenvalue weighted by molar-refractivity contribution is -0.147. The molecule has 2 heterocycles. The molecule has 8 heteroatoms. The van der Waals surface area contributed by atoms with E-state index in [4.69, 9.17) is 9.47 Å². The molecular weight excluding hydrogens is 458 g/mol. The predicted octanol–water partition coefficient (Wildman–Crippen LogP) is 3.33. The number of carbonyl (C=O) groups is 3. The van der Waals surface area contributed by atoms with E-state index in [0.717, 1.165) is 47.9 Å². The first kappa shape index (κ1) is 25.2. The highest BCUT2D eigenvalue weighted by Gasteiger charge is 2.35. The van der Waals surface area contributed by atoms with Crippen LogP contribution in [-0.4, -0.2) is 48.1 Å². The SMILES string of the molecule is O=C(C[C@@H]1NC(=O)[C@H](Cc2ccccc2)NC1=O)OCCCCCCOc1cccc2cccnc12. The van der Waals surface area contributed by atoms with Crippen molar-refractivity contribution in [3.05, 3.63) is 72.4 Å². The molecule has 2 aromatic carbocycles. The molecule has 1 aromatic heterocycles. The Morgan fingerprint density at radius 1 is 0.806 bits per heavy atom. The fourth-order valence-corrected chi connectivity index (χ4v) is 4.16. The molecule has 0 radical (unpaired) electrons. The number of benzene rings is 2. The van der Waals surface area contributed by atoms with Gasteiger partial charge in [0, 0.05) is 18.0 Å². The maximum absolute atomic E-state index is 12.4. The molecule has 2 amide bonds. The molecule has 1 saturated heterocycles. The lowest BCUT2D eigenvalue weighted by Crippen LogP contribution is -2.62. The molecule has 1 aliphatic rings. The molecule has 188 valence electrons. The van der Waals surface area contributed by atoms with Crippen molar-refractivity contribution in [1.82, 2.24) is 15.6 Å². The van der Waals surface area contributed by atoms with E-state index in [1.165, 1.54) is 0 Å².